The van der Waals surface area contributed by atoms with Gasteiger partial charge >= 0.3 is 0 Å². The monoisotopic (exact) mass is 343 g/mol. The molecule has 9 atom stereocenters. The van der Waals surface area contributed by atoms with Gasteiger partial charge in [-0.25, -0.2) is 0 Å². The Hall–Kier alpha value is -0.440. The van der Waals surface area contributed by atoms with Crippen LogP contribution >= 0.6 is 0 Å². The van der Waals surface area contributed by atoms with Crippen LogP contribution in [0.2, 0.25) is 0 Å². The Morgan fingerprint density at radius 1 is 0.957 bits per heavy atom. The predicted molar refractivity (Wildman–Crippen MR) is 72.6 cm³/mol. The molecule has 0 spiro atoms. The maximum Gasteiger partial charge on any atom is 0.186 e. The summed E-state index contributed by atoms with van der Waals surface area (Å²) in [4.78, 5) is 0. The van der Waals surface area contributed by atoms with Gasteiger partial charge < -0.3 is 56.4 Å². The molecule has 1 aliphatic rings. The zero-order valence-electron chi connectivity index (χ0n) is 12.3. The zero-order chi connectivity index (χ0) is 17.9. The maximum atomic E-state index is 10.3. The average molecular weight is 343 g/mol. The molecular weight excluding hydrogens is 318 g/mol. The van der Waals surface area contributed by atoms with Crippen molar-refractivity contribution in [2.45, 2.75) is 61.0 Å². The summed E-state index contributed by atoms with van der Waals surface area (Å²) >= 11 is 0. The van der Waals surface area contributed by atoms with Crippen molar-refractivity contribution in [1.82, 2.24) is 0 Å². The lowest BCUT2D eigenvalue weighted by atomic mass is 9.86. The van der Waals surface area contributed by atoms with E-state index in [0.29, 0.717) is 0 Å². The van der Waals surface area contributed by atoms with Gasteiger partial charge in [0.25, 0.3) is 0 Å². The highest BCUT2D eigenvalue weighted by Crippen LogP contribution is 2.31. The molecule has 0 aromatic rings. The number of hydrogen-bond donors (Lipinski definition) is 10. The van der Waals surface area contributed by atoms with E-state index in [9.17, 15) is 35.7 Å². The van der Waals surface area contributed by atoms with Crippen LogP contribution in [0.15, 0.2) is 0 Å². The van der Waals surface area contributed by atoms with Crippen LogP contribution in [0.25, 0.3) is 0 Å². The van der Waals surface area contributed by atoms with Gasteiger partial charge in [-0.2, -0.15) is 0 Å². The van der Waals surface area contributed by atoms with E-state index in [0.717, 1.165) is 0 Å². The van der Waals surface area contributed by atoms with Crippen LogP contribution in [0, 0.1) is 0 Å². The normalized spacial score (nSPS) is 40.4. The fourth-order valence-electron chi connectivity index (χ4n) is 2.42. The summed E-state index contributed by atoms with van der Waals surface area (Å²) in [6.07, 6.45) is -12.9. The van der Waals surface area contributed by atoms with E-state index in [-0.39, 0.29) is 0 Å². The molecule has 0 aliphatic carbocycles. The van der Waals surface area contributed by atoms with Crippen LogP contribution in [0.1, 0.15) is 6.42 Å². The van der Waals surface area contributed by atoms with Crippen molar-refractivity contribution in [1.29, 1.82) is 0 Å². The van der Waals surface area contributed by atoms with Gasteiger partial charge in [0.1, 0.15) is 36.6 Å². The molecule has 11 N–H and O–H groups in total. The topological polar surface area (TPSA) is 217 Å². The maximum absolute atomic E-state index is 10.3. The second-order valence-electron chi connectivity index (χ2n) is 5.69. The van der Waals surface area contributed by atoms with E-state index < -0.39 is 74.2 Å². The van der Waals surface area contributed by atoms with Crippen LogP contribution in [0.3, 0.4) is 0 Å². The van der Waals surface area contributed by atoms with Crippen molar-refractivity contribution in [3.8, 4) is 0 Å². The molecule has 1 rings (SSSR count). The molecule has 0 bridgehead atoms. The van der Waals surface area contributed by atoms with Crippen molar-refractivity contribution in [2.75, 3.05) is 13.2 Å². The van der Waals surface area contributed by atoms with E-state index in [4.69, 9.17) is 20.7 Å². The Labute approximate surface area is 131 Å². The molecule has 0 radical (unpaired) electrons. The lowest BCUT2D eigenvalue weighted by molar-refractivity contribution is -0.325. The Kier molecular flexibility index (Phi) is 7.25. The van der Waals surface area contributed by atoms with Gasteiger partial charge in [-0.05, 0) is 0 Å². The first-order chi connectivity index (χ1) is 10.6. The van der Waals surface area contributed by atoms with Crippen LogP contribution < -0.4 is 5.73 Å². The molecule has 0 saturated carbocycles. The smallest absolute Gasteiger partial charge is 0.186 e. The lowest BCUT2D eigenvalue weighted by Crippen LogP contribution is -2.69. The quantitative estimate of drug-likeness (QED) is 0.210. The molecule has 1 saturated heterocycles. The molecule has 11 nitrogen and oxygen atoms in total. The average Bonchev–Trinajstić information content (AvgIpc) is 2.54. The molecule has 1 fully saturated rings. The summed E-state index contributed by atoms with van der Waals surface area (Å²) in [5, 5.41) is 85.9. The summed E-state index contributed by atoms with van der Waals surface area (Å²) in [6, 6.07) is -1.58. The Bertz CT molecular complexity index is 372. The van der Waals surface area contributed by atoms with Gasteiger partial charge in [0, 0.05) is 6.42 Å². The number of hydrogen-bond acceptors (Lipinski definition) is 11. The first-order valence-electron chi connectivity index (χ1n) is 7.05. The SMILES string of the molecule is N[C@@H]1[C@@H](O)[C@H](O)[C@@H](CO)OC1(O)CC(O)C(O)C(O)C(O)CO. The largest absolute Gasteiger partial charge is 0.394 e. The van der Waals surface area contributed by atoms with Crippen molar-refractivity contribution in [3.05, 3.63) is 0 Å². The van der Waals surface area contributed by atoms with Crippen LogP contribution in [-0.4, -0.2) is 114 Å². The summed E-state index contributed by atoms with van der Waals surface area (Å²) in [7, 11) is 0. The molecule has 1 aliphatic heterocycles. The molecule has 0 aromatic heterocycles. The first kappa shape index (κ1) is 20.6. The highest BCUT2D eigenvalue weighted by Gasteiger charge is 2.53. The predicted octanol–water partition coefficient (Wildman–Crippen LogP) is -6.06. The van der Waals surface area contributed by atoms with Crippen molar-refractivity contribution in [2.24, 2.45) is 5.73 Å². The van der Waals surface area contributed by atoms with E-state index in [1.54, 1.807) is 0 Å². The minimum atomic E-state index is -2.42. The first-order valence-corrected chi connectivity index (χ1v) is 7.05. The molecule has 11 heteroatoms. The summed E-state index contributed by atoms with van der Waals surface area (Å²) in [6.45, 7) is -1.62. The minimum absolute atomic E-state index is 0.752. The Morgan fingerprint density at radius 3 is 1.96 bits per heavy atom. The van der Waals surface area contributed by atoms with Gasteiger partial charge in [-0.3, -0.25) is 0 Å². The fraction of sp³-hybridized carbons (Fsp3) is 1.00. The number of rotatable bonds is 7. The van der Waals surface area contributed by atoms with Gasteiger partial charge in [-0.1, -0.05) is 0 Å². The standard InChI is InChI=1S/C12H25NO10/c13-11-10(21)9(20)6(3-15)23-12(11,22)1-4(16)7(18)8(19)5(17)2-14/h4-11,14-22H,1-3,13H2/t4?,5?,6-,7?,8?,9-,10+,11-,12?/m1/s1. The molecule has 1 heterocycles. The van der Waals surface area contributed by atoms with E-state index >= 15 is 0 Å². The van der Waals surface area contributed by atoms with Crippen LogP contribution in [0.5, 0.6) is 0 Å². The summed E-state index contributed by atoms with van der Waals surface area (Å²) in [5.41, 5.74) is 5.56. The molecular formula is C12H25NO10. The Morgan fingerprint density at radius 2 is 1.48 bits per heavy atom. The van der Waals surface area contributed by atoms with E-state index in [2.05, 4.69) is 0 Å². The zero-order valence-corrected chi connectivity index (χ0v) is 12.3. The second-order valence-corrected chi connectivity index (χ2v) is 5.69. The summed E-state index contributed by atoms with van der Waals surface area (Å²) in [5.74, 6) is -2.42. The third-order valence-corrected chi connectivity index (χ3v) is 3.98. The summed E-state index contributed by atoms with van der Waals surface area (Å²) < 4.78 is 5.01. The number of aliphatic hydroxyl groups excluding tert-OH is 8. The van der Waals surface area contributed by atoms with Crippen molar-refractivity contribution in [3.63, 3.8) is 0 Å². The van der Waals surface area contributed by atoms with E-state index in [1.807, 2.05) is 0 Å². The van der Waals surface area contributed by atoms with E-state index in [1.165, 1.54) is 0 Å². The highest BCUT2D eigenvalue weighted by atomic mass is 16.6. The molecule has 23 heavy (non-hydrogen) atoms. The molecule has 138 valence electrons. The minimum Gasteiger partial charge on any atom is -0.394 e. The third-order valence-electron chi connectivity index (χ3n) is 3.98. The second kappa shape index (κ2) is 8.09. The number of aliphatic hydroxyl groups is 9. The number of ether oxygens (including phenoxy) is 1. The Balaban J connectivity index is 2.83. The number of nitrogens with two attached hydrogens (primary N) is 1. The molecule has 5 unspecified atom stereocenters. The molecule has 0 aromatic carbocycles. The van der Waals surface area contributed by atoms with Crippen LogP contribution in [-0.2, 0) is 4.74 Å². The van der Waals surface area contributed by atoms with Crippen molar-refractivity contribution < 1.29 is 50.7 Å². The van der Waals surface area contributed by atoms with Gasteiger partial charge in [0.15, 0.2) is 5.79 Å². The van der Waals surface area contributed by atoms with Crippen LogP contribution in [0.4, 0.5) is 0 Å². The molecule has 0 amide bonds. The lowest BCUT2D eigenvalue weighted by Gasteiger charge is -2.47. The van der Waals surface area contributed by atoms with Crippen molar-refractivity contribution >= 4 is 0 Å². The van der Waals surface area contributed by atoms with Gasteiger partial charge in [0.05, 0.1) is 25.4 Å². The fourth-order valence-corrected chi connectivity index (χ4v) is 2.42. The highest BCUT2D eigenvalue weighted by molar-refractivity contribution is 5.00. The third kappa shape index (κ3) is 4.35. The van der Waals surface area contributed by atoms with Gasteiger partial charge in [-0.15, -0.1) is 0 Å². The van der Waals surface area contributed by atoms with Gasteiger partial charge in [0.2, 0.25) is 0 Å².